The van der Waals surface area contributed by atoms with Gasteiger partial charge in [-0.1, -0.05) is 52.7 Å². The molecule has 2 aliphatic rings. The zero-order chi connectivity index (χ0) is 30.1. The molecule has 1 saturated carbocycles. The molecule has 42 heavy (non-hydrogen) atoms. The molecule has 1 aromatic carbocycles. The van der Waals surface area contributed by atoms with Crippen LogP contribution >= 0.6 is 11.3 Å². The topological polar surface area (TPSA) is 88.6 Å². The van der Waals surface area contributed by atoms with Gasteiger partial charge in [-0.25, -0.2) is 4.98 Å². The van der Waals surface area contributed by atoms with Gasteiger partial charge in [0.1, 0.15) is 5.78 Å². The average Bonchev–Trinajstić information content (AvgIpc) is 3.41. The fraction of sp³-hybridized carbons (Fsp3) is 0.647. The lowest BCUT2D eigenvalue weighted by molar-refractivity contribution is -0.130. The van der Waals surface area contributed by atoms with Crippen LogP contribution in [0.5, 0.6) is 0 Å². The van der Waals surface area contributed by atoms with Crippen LogP contribution in [-0.2, 0) is 25.5 Å². The summed E-state index contributed by atoms with van der Waals surface area (Å²) in [5, 5.41) is 4.23. The summed E-state index contributed by atoms with van der Waals surface area (Å²) in [6.07, 6.45) is 7.67. The minimum Gasteiger partial charge on any atom is -0.379 e. The Hall–Kier alpha value is -2.42. The minimum absolute atomic E-state index is 0.0736. The van der Waals surface area contributed by atoms with Crippen LogP contribution in [0.1, 0.15) is 95.0 Å². The van der Waals surface area contributed by atoms with Crippen LogP contribution < -0.4 is 5.32 Å². The van der Waals surface area contributed by atoms with Crippen molar-refractivity contribution in [2.45, 2.75) is 96.9 Å². The number of ketones is 2. The number of nitrogens with one attached hydrogen (secondary N) is 1. The summed E-state index contributed by atoms with van der Waals surface area (Å²) in [5.41, 5.74) is 2.84. The number of nitrogens with zero attached hydrogens (tertiary/aromatic N) is 2. The first kappa shape index (κ1) is 32.5. The molecule has 0 radical (unpaired) electrons. The van der Waals surface area contributed by atoms with Gasteiger partial charge >= 0.3 is 0 Å². The van der Waals surface area contributed by atoms with Crippen molar-refractivity contribution in [1.82, 2.24) is 15.2 Å². The summed E-state index contributed by atoms with van der Waals surface area (Å²) in [4.78, 5) is 46.5. The molecule has 1 aliphatic heterocycles. The highest BCUT2D eigenvalue weighted by atomic mass is 32.1. The van der Waals surface area contributed by atoms with Crippen molar-refractivity contribution in [3.63, 3.8) is 0 Å². The van der Waals surface area contributed by atoms with Crippen LogP contribution in [-0.4, -0.2) is 66.2 Å². The maximum atomic E-state index is 13.8. The van der Waals surface area contributed by atoms with Gasteiger partial charge in [-0.2, -0.15) is 0 Å². The number of morpholine rings is 1. The molecule has 8 heteroatoms. The van der Waals surface area contributed by atoms with Gasteiger partial charge in [-0.15, -0.1) is 11.3 Å². The molecular formula is C34H49N3O4S. The van der Waals surface area contributed by atoms with Crippen molar-refractivity contribution in [1.29, 1.82) is 0 Å². The summed E-state index contributed by atoms with van der Waals surface area (Å²) in [6, 6.07) is 6.28. The zero-order valence-corrected chi connectivity index (χ0v) is 26.6. The van der Waals surface area contributed by atoms with Crippen molar-refractivity contribution in [2.75, 3.05) is 32.8 Å². The Bertz CT molecular complexity index is 1230. The number of fused-ring (bicyclic) bond motifs is 1. The summed E-state index contributed by atoms with van der Waals surface area (Å²) in [6.45, 7) is 13.9. The molecule has 1 amide bonds. The Kier molecular flexibility index (Phi) is 12.3. The van der Waals surface area contributed by atoms with Crippen molar-refractivity contribution < 1.29 is 19.1 Å². The first-order valence-corrected chi connectivity index (χ1v) is 16.8. The Labute approximate surface area is 255 Å². The van der Waals surface area contributed by atoms with E-state index >= 15 is 0 Å². The molecule has 2 aromatic rings. The number of ether oxygens (including phenoxy) is 1. The van der Waals surface area contributed by atoms with Gasteiger partial charge < -0.3 is 10.1 Å². The third-order valence-electron chi connectivity index (χ3n) is 8.93. The van der Waals surface area contributed by atoms with Gasteiger partial charge in [0.15, 0.2) is 5.78 Å². The Morgan fingerprint density at radius 3 is 2.57 bits per heavy atom. The molecule has 2 atom stereocenters. The molecule has 2 heterocycles. The van der Waals surface area contributed by atoms with Crippen molar-refractivity contribution >= 4 is 39.0 Å². The smallest absolute Gasteiger partial charge is 0.224 e. The predicted octanol–water partition coefficient (Wildman–Crippen LogP) is 6.25. The van der Waals surface area contributed by atoms with Gasteiger partial charge in [0.25, 0.3) is 0 Å². The van der Waals surface area contributed by atoms with Gasteiger partial charge in [0, 0.05) is 56.9 Å². The number of Topliss-reactive ketones (excluding diaryl/α,β-unsaturated/α-hetero) is 2. The Balaban J connectivity index is 1.44. The second-order valence-electron chi connectivity index (χ2n) is 12.5. The summed E-state index contributed by atoms with van der Waals surface area (Å²) < 4.78 is 6.54. The summed E-state index contributed by atoms with van der Waals surface area (Å²) >= 11 is 1.62. The highest BCUT2D eigenvalue weighted by Gasteiger charge is 2.30. The van der Waals surface area contributed by atoms with E-state index in [4.69, 9.17) is 9.72 Å². The van der Waals surface area contributed by atoms with E-state index in [-0.39, 0.29) is 29.9 Å². The van der Waals surface area contributed by atoms with E-state index in [1.165, 1.54) is 12.0 Å². The molecule has 1 aliphatic carbocycles. The van der Waals surface area contributed by atoms with Crippen LogP contribution in [0.15, 0.2) is 30.4 Å². The number of rotatable bonds is 15. The predicted molar refractivity (Wildman–Crippen MR) is 170 cm³/mol. The Morgan fingerprint density at radius 1 is 1.14 bits per heavy atom. The molecule has 7 nitrogen and oxygen atoms in total. The number of amides is 1. The molecule has 1 saturated heterocycles. The highest BCUT2D eigenvalue weighted by molar-refractivity contribution is 7.18. The molecule has 1 unspecified atom stereocenters. The van der Waals surface area contributed by atoms with Gasteiger partial charge in [0.05, 0.1) is 34.4 Å². The van der Waals surface area contributed by atoms with Crippen molar-refractivity contribution in [2.24, 2.45) is 11.8 Å². The number of benzene rings is 1. The number of hydrogen-bond donors (Lipinski definition) is 1. The molecule has 4 rings (SSSR count). The summed E-state index contributed by atoms with van der Waals surface area (Å²) in [7, 11) is 0. The van der Waals surface area contributed by atoms with Crippen LogP contribution in [0.4, 0.5) is 0 Å². The number of aromatic nitrogens is 1. The fourth-order valence-corrected chi connectivity index (χ4v) is 7.26. The normalized spacial score (nSPS) is 18.2. The first-order valence-electron chi connectivity index (χ1n) is 16.0. The zero-order valence-electron chi connectivity index (χ0n) is 25.8. The monoisotopic (exact) mass is 595 g/mol. The van der Waals surface area contributed by atoms with Gasteiger partial charge in [-0.3, -0.25) is 19.3 Å². The maximum absolute atomic E-state index is 13.8. The van der Waals surface area contributed by atoms with E-state index in [9.17, 15) is 14.4 Å². The van der Waals surface area contributed by atoms with Crippen molar-refractivity contribution in [3.05, 3.63) is 40.9 Å². The number of carbonyl (C=O) groups is 3. The van der Waals surface area contributed by atoms with E-state index in [1.807, 2.05) is 6.92 Å². The molecule has 1 aromatic heterocycles. The maximum Gasteiger partial charge on any atom is 0.224 e. The quantitative estimate of drug-likeness (QED) is 0.245. The largest absolute Gasteiger partial charge is 0.379 e. The molecule has 1 N–H and O–H groups in total. The van der Waals surface area contributed by atoms with Crippen LogP contribution in [0, 0.1) is 11.8 Å². The van der Waals surface area contributed by atoms with E-state index < -0.39 is 5.92 Å². The lowest BCUT2D eigenvalue weighted by atomic mass is 9.81. The summed E-state index contributed by atoms with van der Waals surface area (Å²) in [5.74, 6) is 0.379. The van der Waals surface area contributed by atoms with Gasteiger partial charge in [-0.05, 0) is 48.8 Å². The third-order valence-corrected chi connectivity index (χ3v) is 9.97. The SMILES string of the molecule is C=C(CN1CCOCC1)C(=O)CCC(NC(=O)[C@@H](CC(=O)CC)Cc1nc2ccc(C(C)C)cc2s1)C1CCCCC1. The van der Waals surface area contributed by atoms with Gasteiger partial charge in [0.2, 0.25) is 5.91 Å². The lowest BCUT2D eigenvalue weighted by Crippen LogP contribution is -2.45. The van der Waals surface area contributed by atoms with Crippen LogP contribution in [0.3, 0.4) is 0 Å². The standard InChI is InChI=1S/C34H49N3O4S/c1-5-28(38)19-27(21-33-35-30-12-11-26(23(2)3)20-32(30)42-33)34(40)36-29(25-9-7-6-8-10-25)13-14-31(39)24(4)22-37-15-17-41-18-16-37/h11-12,20,23,25,27,29H,4-10,13-19,21-22H2,1-3H3,(H,36,40)/t27-,29?/m0/s1. The minimum atomic E-state index is -0.472. The fourth-order valence-electron chi connectivity index (χ4n) is 6.17. The number of thiazole rings is 1. The van der Waals surface area contributed by atoms with Crippen LogP contribution in [0.2, 0.25) is 0 Å². The molecule has 2 fully saturated rings. The van der Waals surface area contributed by atoms with E-state index in [0.717, 1.165) is 54.0 Å². The first-order chi connectivity index (χ1) is 20.2. The van der Waals surface area contributed by atoms with Crippen molar-refractivity contribution in [3.8, 4) is 0 Å². The second kappa shape index (κ2) is 15.9. The third kappa shape index (κ3) is 9.29. The molecule has 230 valence electrons. The lowest BCUT2D eigenvalue weighted by Gasteiger charge is -2.32. The molecular weight excluding hydrogens is 546 g/mol. The molecule has 0 spiro atoms. The number of hydrogen-bond acceptors (Lipinski definition) is 7. The second-order valence-corrected chi connectivity index (χ2v) is 13.6. The average molecular weight is 596 g/mol. The molecule has 0 bridgehead atoms. The van der Waals surface area contributed by atoms with E-state index in [0.29, 0.717) is 62.9 Å². The highest BCUT2D eigenvalue weighted by Crippen LogP contribution is 2.31. The Morgan fingerprint density at radius 2 is 1.88 bits per heavy atom. The number of carbonyl (C=O) groups excluding carboxylic acids is 3. The van der Waals surface area contributed by atoms with E-state index in [2.05, 4.69) is 48.8 Å². The van der Waals surface area contributed by atoms with Crippen LogP contribution in [0.25, 0.3) is 10.2 Å². The van der Waals surface area contributed by atoms with E-state index in [1.54, 1.807) is 11.3 Å².